The molecule has 2 heterocycles. The number of nitrogens with zero attached hydrogens (tertiary/aromatic N) is 1. The summed E-state index contributed by atoms with van der Waals surface area (Å²) in [5.74, 6) is -1.15. The van der Waals surface area contributed by atoms with Gasteiger partial charge in [0.1, 0.15) is 11.8 Å². The Morgan fingerprint density at radius 3 is 2.47 bits per heavy atom. The van der Waals surface area contributed by atoms with Crippen LogP contribution < -0.4 is 0 Å². The topological polar surface area (TPSA) is 57.6 Å². The fraction of sp³-hybridized carbons (Fsp3) is 0.280. The number of carbonyl (C=O) groups is 2. The van der Waals surface area contributed by atoms with Crippen LogP contribution in [0.15, 0.2) is 59.5 Å². The fourth-order valence-corrected chi connectivity index (χ4v) is 5.86. The van der Waals surface area contributed by atoms with Gasteiger partial charge in [-0.15, -0.1) is 11.3 Å². The zero-order chi connectivity index (χ0) is 20.8. The minimum atomic E-state index is -0.578. The average molecular weight is 418 g/mol. The van der Waals surface area contributed by atoms with Crippen molar-refractivity contribution >= 4 is 39.6 Å². The number of aliphatic hydroxyl groups is 1. The van der Waals surface area contributed by atoms with Crippen LogP contribution in [0.4, 0.5) is 0 Å². The smallest absolute Gasteiger partial charge is 0.295 e. The molecule has 1 atom stereocenters. The van der Waals surface area contributed by atoms with E-state index < -0.39 is 17.7 Å². The van der Waals surface area contributed by atoms with Crippen molar-refractivity contribution in [2.24, 2.45) is 0 Å². The highest BCUT2D eigenvalue weighted by atomic mass is 32.1. The first kappa shape index (κ1) is 19.1. The summed E-state index contributed by atoms with van der Waals surface area (Å²) in [6.07, 6.45) is 3.94. The fourth-order valence-electron chi connectivity index (χ4n) is 4.82. The van der Waals surface area contributed by atoms with E-state index in [1.807, 2.05) is 60.8 Å². The van der Waals surface area contributed by atoms with Gasteiger partial charge in [0.25, 0.3) is 11.7 Å². The summed E-state index contributed by atoms with van der Waals surface area (Å²) in [5.41, 5.74) is 1.82. The highest BCUT2D eigenvalue weighted by Crippen LogP contribution is 2.45. The molecule has 1 saturated carbocycles. The Kier molecular flexibility index (Phi) is 4.70. The number of fused-ring (bicyclic) bond motifs is 1. The van der Waals surface area contributed by atoms with E-state index in [4.69, 9.17) is 0 Å². The second-order valence-electron chi connectivity index (χ2n) is 8.17. The number of hydrogen-bond donors (Lipinski definition) is 1. The van der Waals surface area contributed by atoms with E-state index in [0.717, 1.165) is 46.9 Å². The first-order chi connectivity index (χ1) is 14.6. The van der Waals surface area contributed by atoms with Crippen molar-refractivity contribution < 1.29 is 14.7 Å². The third-order valence-corrected chi connectivity index (χ3v) is 7.44. The molecule has 1 amide bonds. The summed E-state index contributed by atoms with van der Waals surface area (Å²) in [6, 6.07) is 15.1. The van der Waals surface area contributed by atoms with Crippen LogP contribution in [0.3, 0.4) is 0 Å². The molecule has 152 valence electrons. The molecule has 2 fully saturated rings. The van der Waals surface area contributed by atoms with Crippen LogP contribution in [0.25, 0.3) is 16.5 Å². The lowest BCUT2D eigenvalue weighted by atomic mass is 9.96. The minimum absolute atomic E-state index is 0.0508. The Bertz CT molecular complexity index is 1190. The molecule has 5 rings (SSSR count). The summed E-state index contributed by atoms with van der Waals surface area (Å²) in [6.45, 7) is 2.00. The lowest BCUT2D eigenvalue weighted by Gasteiger charge is -2.30. The maximum Gasteiger partial charge on any atom is 0.295 e. The monoisotopic (exact) mass is 417 g/mol. The predicted molar refractivity (Wildman–Crippen MR) is 119 cm³/mol. The Morgan fingerprint density at radius 1 is 1.03 bits per heavy atom. The zero-order valence-corrected chi connectivity index (χ0v) is 17.6. The summed E-state index contributed by atoms with van der Waals surface area (Å²) < 4.78 is 0. The van der Waals surface area contributed by atoms with Crippen molar-refractivity contribution in [3.05, 3.63) is 75.5 Å². The molecule has 2 aliphatic rings. The lowest BCUT2D eigenvalue weighted by molar-refractivity contribution is -0.141. The average Bonchev–Trinajstić information content (AvgIpc) is 3.48. The minimum Gasteiger partial charge on any atom is -0.507 e. The van der Waals surface area contributed by atoms with E-state index in [1.165, 1.54) is 0 Å². The van der Waals surface area contributed by atoms with Gasteiger partial charge in [0.05, 0.1) is 5.57 Å². The molecule has 1 N–H and O–H groups in total. The normalized spacial score (nSPS) is 21.8. The predicted octanol–water partition coefficient (Wildman–Crippen LogP) is 5.57. The van der Waals surface area contributed by atoms with Crippen molar-refractivity contribution in [2.75, 3.05) is 0 Å². The molecule has 3 aromatic rings. The summed E-state index contributed by atoms with van der Waals surface area (Å²) in [7, 11) is 0. The van der Waals surface area contributed by atoms with E-state index in [1.54, 1.807) is 16.2 Å². The number of aryl methyl sites for hydroxylation is 1. The van der Waals surface area contributed by atoms with Gasteiger partial charge in [0.2, 0.25) is 0 Å². The quantitative estimate of drug-likeness (QED) is 0.344. The number of carbonyl (C=O) groups excluding carboxylic acids is 2. The summed E-state index contributed by atoms with van der Waals surface area (Å²) in [5, 5.41) is 15.3. The lowest BCUT2D eigenvalue weighted by Crippen LogP contribution is -2.37. The van der Waals surface area contributed by atoms with Crippen molar-refractivity contribution in [3.63, 3.8) is 0 Å². The third kappa shape index (κ3) is 2.96. The number of rotatable bonds is 3. The molecule has 1 aliphatic heterocycles. The number of aliphatic hydroxyl groups excluding tert-OH is 1. The molecule has 1 aliphatic carbocycles. The molecule has 1 unspecified atom stereocenters. The number of likely N-dealkylation sites (tertiary alicyclic amines) is 1. The molecule has 1 aromatic heterocycles. The summed E-state index contributed by atoms with van der Waals surface area (Å²) >= 11 is 1.54. The van der Waals surface area contributed by atoms with Gasteiger partial charge < -0.3 is 10.0 Å². The number of amides is 1. The Labute approximate surface area is 179 Å². The first-order valence-corrected chi connectivity index (χ1v) is 11.3. The molecule has 30 heavy (non-hydrogen) atoms. The second kappa shape index (κ2) is 7.40. The molecule has 1 saturated heterocycles. The van der Waals surface area contributed by atoms with Crippen LogP contribution in [-0.4, -0.2) is 27.7 Å². The molecular weight excluding hydrogens is 394 g/mol. The zero-order valence-electron chi connectivity index (χ0n) is 16.8. The number of benzene rings is 2. The highest BCUT2D eigenvalue weighted by molar-refractivity contribution is 7.10. The van der Waals surface area contributed by atoms with Crippen LogP contribution >= 0.6 is 11.3 Å². The van der Waals surface area contributed by atoms with Crippen LogP contribution in [0.1, 0.15) is 47.7 Å². The van der Waals surface area contributed by atoms with Gasteiger partial charge in [-0.3, -0.25) is 9.59 Å². The van der Waals surface area contributed by atoms with Gasteiger partial charge in [-0.1, -0.05) is 49.2 Å². The van der Waals surface area contributed by atoms with Crippen LogP contribution in [0.5, 0.6) is 0 Å². The van der Waals surface area contributed by atoms with Gasteiger partial charge in [-0.25, -0.2) is 0 Å². The Hall–Kier alpha value is -2.92. The number of ketones is 1. The Morgan fingerprint density at radius 2 is 1.77 bits per heavy atom. The van der Waals surface area contributed by atoms with E-state index >= 15 is 0 Å². The maximum atomic E-state index is 13.2. The van der Waals surface area contributed by atoms with Gasteiger partial charge in [-0.2, -0.15) is 0 Å². The molecule has 0 bridgehead atoms. The van der Waals surface area contributed by atoms with Gasteiger partial charge in [0.15, 0.2) is 0 Å². The Balaban J connectivity index is 1.69. The van der Waals surface area contributed by atoms with E-state index in [2.05, 4.69) is 0 Å². The van der Waals surface area contributed by atoms with E-state index in [-0.39, 0.29) is 17.4 Å². The van der Waals surface area contributed by atoms with Crippen molar-refractivity contribution in [1.29, 1.82) is 0 Å². The van der Waals surface area contributed by atoms with Crippen molar-refractivity contribution in [2.45, 2.75) is 44.7 Å². The maximum absolute atomic E-state index is 13.2. The van der Waals surface area contributed by atoms with Gasteiger partial charge in [-0.05, 0) is 53.6 Å². The standard InChI is InChI=1S/C25H23NO3S/c1-15-12-13-30-24(15)21-20(23(28)25(29)26(21)19-8-4-5-9-19)22(27)18-11-10-16-6-2-3-7-17(16)14-18/h2-3,6-7,10-14,19,21,27H,4-5,8-9H2,1H3/b22-20-. The molecule has 5 heteroatoms. The first-order valence-electron chi connectivity index (χ1n) is 10.4. The molecular formula is C25H23NO3S. The SMILES string of the molecule is Cc1ccsc1C1/C(=C(/O)c2ccc3ccccc3c2)C(=O)C(=O)N1C1CCCC1. The number of hydrogen-bond acceptors (Lipinski definition) is 4. The summed E-state index contributed by atoms with van der Waals surface area (Å²) in [4.78, 5) is 29.0. The highest BCUT2D eigenvalue weighted by Gasteiger charge is 2.50. The molecule has 0 radical (unpaired) electrons. The van der Waals surface area contributed by atoms with E-state index in [0.29, 0.717) is 5.56 Å². The van der Waals surface area contributed by atoms with Crippen molar-refractivity contribution in [1.82, 2.24) is 4.90 Å². The van der Waals surface area contributed by atoms with Crippen molar-refractivity contribution in [3.8, 4) is 0 Å². The van der Waals surface area contributed by atoms with E-state index in [9.17, 15) is 14.7 Å². The number of thiophene rings is 1. The third-order valence-electron chi connectivity index (χ3n) is 6.37. The molecule has 4 nitrogen and oxygen atoms in total. The van der Waals surface area contributed by atoms with Gasteiger partial charge in [0, 0.05) is 16.5 Å². The molecule has 0 spiro atoms. The number of Topliss-reactive ketones (excluding diaryl/α,β-unsaturated/α-hetero) is 1. The van der Waals surface area contributed by atoms with Crippen LogP contribution in [0, 0.1) is 6.92 Å². The van der Waals surface area contributed by atoms with Gasteiger partial charge >= 0.3 is 0 Å². The molecule has 2 aromatic carbocycles. The van der Waals surface area contributed by atoms with Crippen LogP contribution in [-0.2, 0) is 9.59 Å². The van der Waals surface area contributed by atoms with Crippen LogP contribution in [0.2, 0.25) is 0 Å². The second-order valence-corrected chi connectivity index (χ2v) is 9.12. The largest absolute Gasteiger partial charge is 0.507 e.